The molecular formula is C13H17ClO3. The SMILES string of the molecule is Cc1cc(OC(C)CCC(=O)O)cc(C)c1Cl. The zero-order chi connectivity index (χ0) is 13.0. The molecule has 94 valence electrons. The van der Waals surface area contributed by atoms with Gasteiger partial charge in [0.15, 0.2) is 0 Å². The van der Waals surface area contributed by atoms with Gasteiger partial charge in [-0.2, -0.15) is 0 Å². The summed E-state index contributed by atoms with van der Waals surface area (Å²) in [5.74, 6) is -0.0637. The van der Waals surface area contributed by atoms with Crippen molar-refractivity contribution in [1.82, 2.24) is 0 Å². The summed E-state index contributed by atoms with van der Waals surface area (Å²) in [7, 11) is 0. The molecule has 17 heavy (non-hydrogen) atoms. The third kappa shape index (κ3) is 4.27. The lowest BCUT2D eigenvalue weighted by molar-refractivity contribution is -0.137. The quantitative estimate of drug-likeness (QED) is 0.876. The number of carboxylic acid groups (broad SMARTS) is 1. The van der Waals surface area contributed by atoms with Crippen molar-refractivity contribution in [1.29, 1.82) is 0 Å². The van der Waals surface area contributed by atoms with Crippen LogP contribution in [0.1, 0.15) is 30.9 Å². The van der Waals surface area contributed by atoms with Crippen LogP contribution in [0.5, 0.6) is 5.75 Å². The Morgan fingerprint density at radius 2 is 1.94 bits per heavy atom. The number of ether oxygens (including phenoxy) is 1. The second-order valence-electron chi connectivity index (χ2n) is 4.23. The largest absolute Gasteiger partial charge is 0.491 e. The Bertz CT molecular complexity index is 392. The smallest absolute Gasteiger partial charge is 0.303 e. The lowest BCUT2D eigenvalue weighted by Crippen LogP contribution is -2.13. The third-order valence-electron chi connectivity index (χ3n) is 2.51. The summed E-state index contributed by atoms with van der Waals surface area (Å²) in [6.07, 6.45) is 0.494. The number of aryl methyl sites for hydroxylation is 2. The van der Waals surface area contributed by atoms with Crippen molar-refractivity contribution in [3.63, 3.8) is 0 Å². The molecule has 0 amide bonds. The Morgan fingerprint density at radius 3 is 2.41 bits per heavy atom. The van der Waals surface area contributed by atoms with Gasteiger partial charge in [0.1, 0.15) is 5.75 Å². The van der Waals surface area contributed by atoms with E-state index in [1.807, 2.05) is 32.9 Å². The highest BCUT2D eigenvalue weighted by atomic mass is 35.5. The maximum Gasteiger partial charge on any atom is 0.303 e. The molecule has 0 aromatic heterocycles. The van der Waals surface area contributed by atoms with Gasteiger partial charge >= 0.3 is 5.97 Å². The molecule has 0 aliphatic rings. The zero-order valence-electron chi connectivity index (χ0n) is 10.3. The maximum atomic E-state index is 10.4. The fourth-order valence-electron chi connectivity index (χ4n) is 1.59. The third-order valence-corrected chi connectivity index (χ3v) is 3.11. The molecule has 0 radical (unpaired) electrons. The fraction of sp³-hybridized carbons (Fsp3) is 0.462. The van der Waals surface area contributed by atoms with Crippen LogP contribution in [0.25, 0.3) is 0 Å². The van der Waals surface area contributed by atoms with E-state index in [1.54, 1.807) is 0 Å². The predicted octanol–water partition coefficient (Wildman–Crippen LogP) is 3.59. The number of carboxylic acids is 1. The van der Waals surface area contributed by atoms with Gasteiger partial charge in [0.2, 0.25) is 0 Å². The highest BCUT2D eigenvalue weighted by Gasteiger charge is 2.09. The van der Waals surface area contributed by atoms with Crippen LogP contribution in [-0.4, -0.2) is 17.2 Å². The Morgan fingerprint density at radius 1 is 1.41 bits per heavy atom. The first-order valence-corrected chi connectivity index (χ1v) is 5.93. The number of aliphatic carboxylic acids is 1. The summed E-state index contributed by atoms with van der Waals surface area (Å²) in [4.78, 5) is 10.4. The van der Waals surface area contributed by atoms with Crippen LogP contribution in [0.3, 0.4) is 0 Å². The van der Waals surface area contributed by atoms with Crippen molar-refractivity contribution in [2.75, 3.05) is 0 Å². The zero-order valence-corrected chi connectivity index (χ0v) is 11.0. The molecular weight excluding hydrogens is 240 g/mol. The molecule has 1 N–H and O–H groups in total. The molecule has 0 aliphatic heterocycles. The number of carbonyl (C=O) groups is 1. The maximum absolute atomic E-state index is 10.4. The number of hydrogen-bond acceptors (Lipinski definition) is 2. The summed E-state index contributed by atoms with van der Waals surface area (Å²) in [6.45, 7) is 5.70. The van der Waals surface area contributed by atoms with E-state index in [1.165, 1.54) is 0 Å². The lowest BCUT2D eigenvalue weighted by atomic mass is 10.1. The molecule has 1 aromatic rings. The van der Waals surface area contributed by atoms with Gasteiger partial charge < -0.3 is 9.84 Å². The Kier molecular flexibility index (Phi) is 4.82. The van der Waals surface area contributed by atoms with Gasteiger partial charge in [0, 0.05) is 11.4 Å². The summed E-state index contributed by atoms with van der Waals surface area (Å²) < 4.78 is 5.66. The monoisotopic (exact) mass is 256 g/mol. The van der Waals surface area contributed by atoms with Crippen molar-refractivity contribution in [3.8, 4) is 5.75 Å². The number of benzene rings is 1. The number of halogens is 1. The van der Waals surface area contributed by atoms with Gasteiger partial charge in [0.05, 0.1) is 6.10 Å². The second kappa shape index (κ2) is 5.92. The lowest BCUT2D eigenvalue weighted by Gasteiger charge is -2.15. The van der Waals surface area contributed by atoms with E-state index >= 15 is 0 Å². The van der Waals surface area contributed by atoms with E-state index in [2.05, 4.69) is 0 Å². The van der Waals surface area contributed by atoms with Crippen molar-refractivity contribution < 1.29 is 14.6 Å². The van der Waals surface area contributed by atoms with Crippen molar-refractivity contribution in [3.05, 3.63) is 28.3 Å². The molecule has 4 heteroatoms. The summed E-state index contributed by atoms with van der Waals surface area (Å²) >= 11 is 6.06. The molecule has 0 saturated heterocycles. The summed E-state index contributed by atoms with van der Waals surface area (Å²) in [6, 6.07) is 3.74. The summed E-state index contributed by atoms with van der Waals surface area (Å²) in [5, 5.41) is 9.33. The van der Waals surface area contributed by atoms with E-state index in [4.69, 9.17) is 21.4 Å². The van der Waals surface area contributed by atoms with Crippen LogP contribution in [0.4, 0.5) is 0 Å². The normalized spacial score (nSPS) is 12.2. The van der Waals surface area contributed by atoms with Crippen LogP contribution in [-0.2, 0) is 4.79 Å². The Labute approximate surface area is 106 Å². The molecule has 0 fully saturated rings. The molecule has 1 aromatic carbocycles. The van der Waals surface area contributed by atoms with E-state index in [-0.39, 0.29) is 12.5 Å². The Hall–Kier alpha value is -1.22. The Balaban J connectivity index is 2.65. The van der Waals surface area contributed by atoms with Crippen molar-refractivity contribution in [2.45, 2.75) is 39.7 Å². The first-order valence-electron chi connectivity index (χ1n) is 5.55. The highest BCUT2D eigenvalue weighted by Crippen LogP contribution is 2.26. The predicted molar refractivity (Wildman–Crippen MR) is 67.9 cm³/mol. The van der Waals surface area contributed by atoms with E-state index in [9.17, 15) is 4.79 Å². The average molecular weight is 257 g/mol. The number of rotatable bonds is 5. The molecule has 3 nitrogen and oxygen atoms in total. The van der Waals surface area contributed by atoms with Crippen molar-refractivity contribution >= 4 is 17.6 Å². The van der Waals surface area contributed by atoms with Crippen LogP contribution in [0.15, 0.2) is 12.1 Å². The molecule has 1 atom stereocenters. The topological polar surface area (TPSA) is 46.5 Å². The first kappa shape index (κ1) is 13.8. The second-order valence-corrected chi connectivity index (χ2v) is 4.61. The van der Waals surface area contributed by atoms with Gasteiger partial charge in [-0.05, 0) is 50.5 Å². The van der Waals surface area contributed by atoms with Crippen molar-refractivity contribution in [2.24, 2.45) is 0 Å². The molecule has 0 spiro atoms. The minimum atomic E-state index is -0.802. The summed E-state index contributed by atoms with van der Waals surface area (Å²) in [5.41, 5.74) is 1.93. The highest BCUT2D eigenvalue weighted by molar-refractivity contribution is 6.32. The molecule has 0 bridgehead atoms. The number of hydrogen-bond donors (Lipinski definition) is 1. The van der Waals surface area contributed by atoms with Crippen LogP contribution in [0.2, 0.25) is 5.02 Å². The van der Waals surface area contributed by atoms with E-state index < -0.39 is 5.97 Å². The first-order chi connectivity index (χ1) is 7.90. The van der Waals surface area contributed by atoms with Gasteiger partial charge in [-0.3, -0.25) is 4.79 Å². The molecule has 0 saturated carbocycles. The fourth-order valence-corrected chi connectivity index (χ4v) is 1.70. The van der Waals surface area contributed by atoms with Gasteiger partial charge in [-0.1, -0.05) is 11.6 Å². The van der Waals surface area contributed by atoms with Crippen LogP contribution >= 0.6 is 11.6 Å². The van der Waals surface area contributed by atoms with Gasteiger partial charge in [-0.15, -0.1) is 0 Å². The standard InChI is InChI=1S/C13H17ClO3/c1-8-6-11(7-9(2)13(8)14)17-10(3)4-5-12(15)16/h6-7,10H,4-5H2,1-3H3,(H,15,16). The van der Waals surface area contributed by atoms with Crippen LogP contribution < -0.4 is 4.74 Å². The van der Waals surface area contributed by atoms with Crippen LogP contribution in [0, 0.1) is 13.8 Å². The van der Waals surface area contributed by atoms with Gasteiger partial charge in [0.25, 0.3) is 0 Å². The van der Waals surface area contributed by atoms with E-state index in [0.29, 0.717) is 6.42 Å². The van der Waals surface area contributed by atoms with E-state index in [0.717, 1.165) is 21.9 Å². The van der Waals surface area contributed by atoms with Gasteiger partial charge in [-0.25, -0.2) is 0 Å². The average Bonchev–Trinajstić information content (AvgIpc) is 2.23. The molecule has 1 rings (SSSR count). The minimum absolute atomic E-state index is 0.118. The molecule has 0 aliphatic carbocycles. The molecule has 1 unspecified atom stereocenters. The molecule has 0 heterocycles. The minimum Gasteiger partial charge on any atom is -0.491 e.